The summed E-state index contributed by atoms with van der Waals surface area (Å²) in [4.78, 5) is 12.3. The first kappa shape index (κ1) is 13.2. The molecule has 0 bridgehead atoms. The Morgan fingerprint density at radius 3 is 2.41 bits per heavy atom. The molecule has 0 fully saturated rings. The van der Waals surface area contributed by atoms with Crippen LogP contribution in [-0.2, 0) is 11.3 Å². The van der Waals surface area contributed by atoms with Gasteiger partial charge in [-0.3, -0.25) is 10.1 Å². The molecule has 0 atom stereocenters. The van der Waals surface area contributed by atoms with Gasteiger partial charge in [0.15, 0.2) is 0 Å². The van der Waals surface area contributed by atoms with E-state index >= 15 is 0 Å². The minimum Gasteiger partial charge on any atom is -0.494 e. The van der Waals surface area contributed by atoms with Crippen molar-refractivity contribution in [2.45, 2.75) is 6.61 Å². The maximum atomic E-state index is 10.9. The summed E-state index contributed by atoms with van der Waals surface area (Å²) in [7, 11) is 6.69. The summed E-state index contributed by atoms with van der Waals surface area (Å²) in [6, 6.07) is 3.13. The Hall–Kier alpha value is -1.82. The molecule has 94 valence electrons. The highest BCUT2D eigenvalue weighted by Gasteiger charge is 2.19. The van der Waals surface area contributed by atoms with Gasteiger partial charge in [0.25, 0.3) is 5.69 Å². The summed E-state index contributed by atoms with van der Waals surface area (Å²) < 4.78 is 10.1. The monoisotopic (exact) mass is 240 g/mol. The molecule has 0 aliphatic carbocycles. The molecule has 6 heteroatoms. The number of hydrogen-bond donors (Lipinski definition) is 0. The lowest BCUT2D eigenvalue weighted by molar-refractivity contribution is -0.386. The second-order valence-electron chi connectivity index (χ2n) is 3.74. The summed E-state index contributed by atoms with van der Waals surface area (Å²) in [6.07, 6.45) is 0. The maximum absolute atomic E-state index is 10.9. The van der Waals surface area contributed by atoms with Crippen LogP contribution in [0.1, 0.15) is 5.56 Å². The Morgan fingerprint density at radius 1 is 1.35 bits per heavy atom. The summed E-state index contributed by atoms with van der Waals surface area (Å²) in [5, 5.41) is 10.9. The van der Waals surface area contributed by atoms with Gasteiger partial charge in [-0.05, 0) is 6.07 Å². The van der Waals surface area contributed by atoms with Gasteiger partial charge in [0.1, 0.15) is 5.75 Å². The zero-order valence-corrected chi connectivity index (χ0v) is 10.4. The third-order valence-corrected chi connectivity index (χ3v) is 2.36. The smallest absolute Gasteiger partial charge is 0.278 e. The summed E-state index contributed by atoms with van der Waals surface area (Å²) in [5.74, 6) is 0.474. The molecule has 0 radical (unpaired) electrons. The number of rotatable bonds is 5. The van der Waals surface area contributed by atoms with Crippen LogP contribution in [-0.4, -0.2) is 33.2 Å². The Balaban J connectivity index is 3.36. The first-order valence-corrected chi connectivity index (χ1v) is 5.02. The minimum atomic E-state index is -0.434. The van der Waals surface area contributed by atoms with E-state index in [0.717, 1.165) is 5.69 Å². The van der Waals surface area contributed by atoms with Crippen LogP contribution >= 0.6 is 0 Å². The van der Waals surface area contributed by atoms with E-state index in [0.29, 0.717) is 11.3 Å². The molecular formula is C11H16N2O4. The molecule has 1 aromatic carbocycles. The number of nitro benzene ring substituents is 1. The lowest BCUT2D eigenvalue weighted by Crippen LogP contribution is -2.11. The van der Waals surface area contributed by atoms with Crippen molar-refractivity contribution in [3.05, 3.63) is 27.8 Å². The molecule has 0 saturated heterocycles. The van der Waals surface area contributed by atoms with Crippen molar-refractivity contribution >= 4 is 11.4 Å². The molecule has 0 amide bonds. The number of benzene rings is 1. The van der Waals surface area contributed by atoms with Crippen molar-refractivity contribution in [2.24, 2.45) is 0 Å². The number of anilines is 1. The predicted octanol–water partition coefficient (Wildman–Crippen LogP) is 1.82. The van der Waals surface area contributed by atoms with Crippen LogP contribution in [0, 0.1) is 10.1 Å². The number of nitro groups is 1. The molecule has 1 rings (SSSR count). The highest BCUT2D eigenvalue weighted by atomic mass is 16.6. The van der Waals surface area contributed by atoms with Gasteiger partial charge < -0.3 is 14.4 Å². The fourth-order valence-electron chi connectivity index (χ4n) is 1.55. The number of methoxy groups -OCH3 is 2. The molecule has 6 nitrogen and oxygen atoms in total. The fraction of sp³-hybridized carbons (Fsp3) is 0.455. The predicted molar refractivity (Wildman–Crippen MR) is 64.7 cm³/mol. The van der Waals surface area contributed by atoms with Crippen LogP contribution in [0.5, 0.6) is 5.75 Å². The van der Waals surface area contributed by atoms with Crippen LogP contribution in [0.3, 0.4) is 0 Å². The topological polar surface area (TPSA) is 64.8 Å². The molecule has 17 heavy (non-hydrogen) atoms. The average Bonchev–Trinajstić information content (AvgIpc) is 2.28. The highest BCUT2D eigenvalue weighted by molar-refractivity contribution is 5.64. The van der Waals surface area contributed by atoms with Crippen LogP contribution in [0.2, 0.25) is 0 Å². The van der Waals surface area contributed by atoms with Gasteiger partial charge in [-0.25, -0.2) is 0 Å². The van der Waals surface area contributed by atoms with Gasteiger partial charge in [-0.15, -0.1) is 0 Å². The van der Waals surface area contributed by atoms with Crippen molar-refractivity contribution in [1.82, 2.24) is 0 Å². The zero-order valence-electron chi connectivity index (χ0n) is 10.4. The first-order chi connectivity index (χ1) is 8.01. The van der Waals surface area contributed by atoms with Gasteiger partial charge in [0.2, 0.25) is 0 Å². The van der Waals surface area contributed by atoms with Crippen LogP contribution < -0.4 is 9.64 Å². The van der Waals surface area contributed by atoms with E-state index in [9.17, 15) is 10.1 Å². The lowest BCUT2D eigenvalue weighted by Gasteiger charge is -2.17. The molecule has 0 aliphatic rings. The largest absolute Gasteiger partial charge is 0.494 e. The number of ether oxygens (including phenoxy) is 2. The Kier molecular flexibility index (Phi) is 4.28. The third-order valence-electron chi connectivity index (χ3n) is 2.36. The van der Waals surface area contributed by atoms with Crippen LogP contribution in [0.4, 0.5) is 11.4 Å². The molecule has 0 aromatic heterocycles. The molecule has 0 saturated carbocycles. The summed E-state index contributed by atoms with van der Waals surface area (Å²) >= 11 is 0. The van der Waals surface area contributed by atoms with E-state index in [1.54, 1.807) is 6.07 Å². The van der Waals surface area contributed by atoms with E-state index in [4.69, 9.17) is 9.47 Å². The van der Waals surface area contributed by atoms with Crippen molar-refractivity contribution in [1.29, 1.82) is 0 Å². The Morgan fingerprint density at radius 2 is 2.00 bits per heavy atom. The van der Waals surface area contributed by atoms with Crippen molar-refractivity contribution < 1.29 is 14.4 Å². The van der Waals surface area contributed by atoms with E-state index in [1.165, 1.54) is 20.3 Å². The number of nitrogens with zero attached hydrogens (tertiary/aromatic N) is 2. The van der Waals surface area contributed by atoms with E-state index in [2.05, 4.69) is 0 Å². The average molecular weight is 240 g/mol. The van der Waals surface area contributed by atoms with Gasteiger partial charge in [0, 0.05) is 21.2 Å². The van der Waals surface area contributed by atoms with E-state index < -0.39 is 4.92 Å². The Labute approximate surface area is 99.9 Å². The van der Waals surface area contributed by atoms with Crippen LogP contribution in [0.25, 0.3) is 0 Å². The standard InChI is InChI=1S/C11H16N2O4/c1-12(2)10-5-8(7-16-3)9(13(14)15)6-11(10)17-4/h5-6H,7H2,1-4H3. The molecule has 0 aliphatic heterocycles. The van der Waals surface area contributed by atoms with E-state index in [-0.39, 0.29) is 12.3 Å². The van der Waals surface area contributed by atoms with Crippen LogP contribution in [0.15, 0.2) is 12.1 Å². The number of hydrogen-bond acceptors (Lipinski definition) is 5. The first-order valence-electron chi connectivity index (χ1n) is 5.02. The summed E-state index contributed by atoms with van der Waals surface area (Å²) in [6.45, 7) is 0.196. The van der Waals surface area contributed by atoms with Gasteiger partial charge >= 0.3 is 0 Å². The van der Waals surface area contributed by atoms with Gasteiger partial charge in [-0.2, -0.15) is 0 Å². The molecule has 0 heterocycles. The molecule has 0 spiro atoms. The quantitative estimate of drug-likeness (QED) is 0.580. The molecule has 1 aromatic rings. The molecule has 0 unspecified atom stereocenters. The zero-order chi connectivity index (χ0) is 13.0. The lowest BCUT2D eigenvalue weighted by atomic mass is 10.1. The third kappa shape index (κ3) is 2.85. The van der Waals surface area contributed by atoms with Crippen molar-refractivity contribution in [3.8, 4) is 5.75 Å². The highest BCUT2D eigenvalue weighted by Crippen LogP contribution is 2.34. The summed E-state index contributed by atoms with van der Waals surface area (Å²) in [5.41, 5.74) is 1.32. The normalized spacial score (nSPS) is 10.1. The van der Waals surface area contributed by atoms with Crippen molar-refractivity contribution in [2.75, 3.05) is 33.2 Å². The Bertz CT molecular complexity index is 418. The second-order valence-corrected chi connectivity index (χ2v) is 3.74. The van der Waals surface area contributed by atoms with Gasteiger partial charge in [0.05, 0.1) is 36.0 Å². The van der Waals surface area contributed by atoms with Crippen molar-refractivity contribution in [3.63, 3.8) is 0 Å². The second kappa shape index (κ2) is 5.49. The maximum Gasteiger partial charge on any atom is 0.278 e. The van der Waals surface area contributed by atoms with E-state index in [1.807, 2.05) is 19.0 Å². The SMILES string of the molecule is COCc1cc(N(C)C)c(OC)cc1[N+](=O)[O-]. The minimum absolute atomic E-state index is 0.00861. The fourth-order valence-corrected chi connectivity index (χ4v) is 1.55. The molecule has 0 N–H and O–H groups in total. The van der Waals surface area contributed by atoms with Gasteiger partial charge in [-0.1, -0.05) is 0 Å². The molecular weight excluding hydrogens is 224 g/mol.